The number of hydrogen-bond donors (Lipinski definition) is 2. The van der Waals surface area contributed by atoms with Crippen LogP contribution in [0.4, 0.5) is 0 Å². The molecule has 1 aliphatic carbocycles. The van der Waals surface area contributed by atoms with E-state index in [1.165, 1.54) is 33.4 Å². The van der Waals surface area contributed by atoms with Crippen molar-refractivity contribution < 1.29 is 4.74 Å². The molecule has 0 saturated heterocycles. The zero-order valence-corrected chi connectivity index (χ0v) is 20.9. The highest BCUT2D eigenvalue weighted by molar-refractivity contribution is 6.07. The zero-order valence-electron chi connectivity index (χ0n) is 20.9. The molecule has 2 heterocycles. The summed E-state index contributed by atoms with van der Waals surface area (Å²) in [5.74, 6) is 1.17. The van der Waals surface area contributed by atoms with Gasteiger partial charge in [-0.25, -0.2) is 0 Å². The molecule has 2 aromatic heterocycles. The molecule has 2 N–H and O–H groups in total. The van der Waals surface area contributed by atoms with Gasteiger partial charge in [0, 0.05) is 16.7 Å². The van der Waals surface area contributed by atoms with Crippen molar-refractivity contribution in [2.24, 2.45) is 0 Å². The Morgan fingerprint density at radius 1 is 0.857 bits per heavy atom. The van der Waals surface area contributed by atoms with Crippen LogP contribution >= 0.6 is 0 Å². The number of rotatable bonds is 4. The van der Waals surface area contributed by atoms with E-state index in [9.17, 15) is 0 Å². The van der Waals surface area contributed by atoms with E-state index in [0.717, 1.165) is 70.2 Å². The third-order valence-corrected chi connectivity index (χ3v) is 7.77. The average molecular weight is 467 g/mol. The molecular formula is C28H30N6O. The quantitative estimate of drug-likeness (QED) is 0.329. The summed E-state index contributed by atoms with van der Waals surface area (Å²) in [5, 5.41) is 23.9. The van der Waals surface area contributed by atoms with Crippen LogP contribution < -0.4 is 4.74 Å². The third-order valence-electron chi connectivity index (χ3n) is 7.77. The number of methoxy groups -OCH3 is 1. The van der Waals surface area contributed by atoms with Crippen LogP contribution in [0.2, 0.25) is 0 Å². The fraction of sp³-hybridized carbons (Fsp3) is 0.357. The van der Waals surface area contributed by atoms with Crippen LogP contribution in [0, 0.1) is 13.8 Å². The Hall–Kier alpha value is -3.74. The minimum Gasteiger partial charge on any atom is -0.496 e. The summed E-state index contributed by atoms with van der Waals surface area (Å²) >= 11 is 0. The van der Waals surface area contributed by atoms with Crippen molar-refractivity contribution in [3.63, 3.8) is 0 Å². The molecule has 3 aromatic carbocycles. The van der Waals surface area contributed by atoms with Gasteiger partial charge in [-0.2, -0.15) is 30.8 Å². The summed E-state index contributed by atoms with van der Waals surface area (Å²) in [7, 11) is 1.77. The van der Waals surface area contributed by atoms with Gasteiger partial charge in [0.05, 0.1) is 7.11 Å². The molecule has 1 aliphatic rings. The van der Waals surface area contributed by atoms with Crippen LogP contribution in [0.3, 0.4) is 0 Å². The third kappa shape index (κ3) is 3.10. The number of benzene rings is 3. The predicted octanol–water partition coefficient (Wildman–Crippen LogP) is 6.19. The number of hydrogen-bond acceptors (Lipinski definition) is 5. The first-order chi connectivity index (χ1) is 17.0. The van der Waals surface area contributed by atoms with Crippen LogP contribution in [-0.4, -0.2) is 37.9 Å². The monoisotopic (exact) mass is 466 g/mol. The first-order valence-electron chi connectivity index (χ1n) is 12.4. The van der Waals surface area contributed by atoms with Crippen molar-refractivity contribution in [2.75, 3.05) is 7.11 Å². The van der Waals surface area contributed by atoms with E-state index >= 15 is 0 Å². The lowest BCUT2D eigenvalue weighted by Gasteiger charge is -2.30. The van der Waals surface area contributed by atoms with Gasteiger partial charge in [0.1, 0.15) is 27.8 Å². The maximum atomic E-state index is 6.20. The molecule has 6 rings (SSSR count). The van der Waals surface area contributed by atoms with E-state index in [-0.39, 0.29) is 5.92 Å². The molecule has 0 saturated carbocycles. The molecule has 0 radical (unpaired) electrons. The Balaban J connectivity index is 1.89. The van der Waals surface area contributed by atoms with Crippen molar-refractivity contribution in [3.05, 3.63) is 52.1 Å². The molecule has 0 amide bonds. The summed E-state index contributed by atoms with van der Waals surface area (Å²) < 4.78 is 6.20. The Labute approximate surface area is 204 Å². The van der Waals surface area contributed by atoms with Crippen molar-refractivity contribution in [1.29, 1.82) is 0 Å². The minimum atomic E-state index is 0.271. The maximum Gasteiger partial charge on any atom is 0.130 e. The molecule has 0 bridgehead atoms. The van der Waals surface area contributed by atoms with E-state index in [1.807, 2.05) is 0 Å². The highest BCUT2D eigenvalue weighted by Gasteiger charge is 2.32. The van der Waals surface area contributed by atoms with Gasteiger partial charge in [0.15, 0.2) is 0 Å². The lowest BCUT2D eigenvalue weighted by Crippen LogP contribution is -2.11. The van der Waals surface area contributed by atoms with E-state index in [0.29, 0.717) is 0 Å². The molecule has 1 unspecified atom stereocenters. The van der Waals surface area contributed by atoms with Crippen LogP contribution in [0.25, 0.3) is 44.3 Å². The lowest BCUT2D eigenvalue weighted by molar-refractivity contribution is 0.413. The molecule has 7 nitrogen and oxygen atoms in total. The SMILES string of the molecule is CCCCc1c(C)c(C)c(OC)c2c1-c1c(ccc3n[nH]nc13)CC(C)c1ccc3n[nH]nc3c1-2. The van der Waals surface area contributed by atoms with Crippen molar-refractivity contribution >= 4 is 22.1 Å². The molecule has 1 atom stereocenters. The van der Waals surface area contributed by atoms with Crippen LogP contribution in [0.5, 0.6) is 5.75 Å². The molecule has 178 valence electrons. The molecule has 35 heavy (non-hydrogen) atoms. The van der Waals surface area contributed by atoms with E-state index in [2.05, 4.69) is 82.8 Å². The summed E-state index contributed by atoms with van der Waals surface area (Å²) in [6.45, 7) is 8.93. The van der Waals surface area contributed by atoms with Gasteiger partial charge in [0.25, 0.3) is 0 Å². The molecule has 0 fully saturated rings. The minimum absolute atomic E-state index is 0.271. The van der Waals surface area contributed by atoms with Gasteiger partial charge in [-0.1, -0.05) is 32.4 Å². The van der Waals surface area contributed by atoms with Crippen LogP contribution in [0.1, 0.15) is 60.4 Å². The molecule has 7 heteroatoms. The van der Waals surface area contributed by atoms with Gasteiger partial charge in [-0.15, -0.1) is 0 Å². The van der Waals surface area contributed by atoms with Gasteiger partial charge < -0.3 is 4.74 Å². The standard InChI is InChI=1S/C28H30N6O/c1-6-7-8-19-15(3)16(4)28(35-5)25-23(19)22-17(9-11-20-26(22)31-33-29-20)13-14(2)18-10-12-21-27(24(18)25)32-34-30-21/h9-12,14H,6-8,13H2,1-5H3,(H,29,31,33)(H,30,32,34). The Kier molecular flexibility index (Phi) is 5.09. The highest BCUT2D eigenvalue weighted by Crippen LogP contribution is 2.53. The Morgan fingerprint density at radius 3 is 2.23 bits per heavy atom. The summed E-state index contributed by atoms with van der Waals surface area (Å²) in [6, 6.07) is 8.60. The van der Waals surface area contributed by atoms with Gasteiger partial charge in [-0.05, 0) is 84.5 Å². The van der Waals surface area contributed by atoms with E-state index in [4.69, 9.17) is 4.74 Å². The molecule has 0 spiro atoms. The van der Waals surface area contributed by atoms with E-state index in [1.54, 1.807) is 7.11 Å². The zero-order chi connectivity index (χ0) is 24.3. The Bertz CT molecular complexity index is 1590. The maximum absolute atomic E-state index is 6.20. The number of aromatic nitrogens is 6. The topological polar surface area (TPSA) is 92.4 Å². The number of unbranched alkanes of at least 4 members (excludes halogenated alkanes) is 1. The van der Waals surface area contributed by atoms with Crippen molar-refractivity contribution in [3.8, 4) is 28.0 Å². The number of H-pyrrole nitrogens is 2. The predicted molar refractivity (Wildman–Crippen MR) is 139 cm³/mol. The first-order valence-corrected chi connectivity index (χ1v) is 12.4. The Morgan fingerprint density at radius 2 is 1.54 bits per heavy atom. The number of nitrogens with zero attached hydrogens (tertiary/aromatic N) is 4. The smallest absolute Gasteiger partial charge is 0.130 e. The fourth-order valence-electron chi connectivity index (χ4n) is 5.92. The van der Waals surface area contributed by atoms with Gasteiger partial charge in [-0.3, -0.25) is 0 Å². The summed E-state index contributed by atoms with van der Waals surface area (Å²) in [5.41, 5.74) is 14.5. The second-order valence-corrected chi connectivity index (χ2v) is 9.73. The molecular weight excluding hydrogens is 436 g/mol. The average Bonchev–Trinajstić information content (AvgIpc) is 3.53. The fourth-order valence-corrected chi connectivity index (χ4v) is 5.92. The van der Waals surface area contributed by atoms with Gasteiger partial charge in [0.2, 0.25) is 0 Å². The second kappa shape index (κ2) is 8.18. The van der Waals surface area contributed by atoms with Gasteiger partial charge >= 0.3 is 0 Å². The summed E-state index contributed by atoms with van der Waals surface area (Å²) in [4.78, 5) is 0. The van der Waals surface area contributed by atoms with Crippen LogP contribution in [-0.2, 0) is 12.8 Å². The van der Waals surface area contributed by atoms with E-state index < -0.39 is 0 Å². The van der Waals surface area contributed by atoms with Crippen molar-refractivity contribution in [2.45, 2.75) is 59.3 Å². The molecule has 0 aliphatic heterocycles. The second-order valence-electron chi connectivity index (χ2n) is 9.73. The highest BCUT2D eigenvalue weighted by atomic mass is 16.5. The molecule has 5 aromatic rings. The number of aromatic amines is 2. The number of nitrogens with one attached hydrogen (secondary N) is 2. The number of ether oxygens (including phenoxy) is 1. The van der Waals surface area contributed by atoms with Crippen LogP contribution in [0.15, 0.2) is 24.3 Å². The lowest BCUT2D eigenvalue weighted by atomic mass is 9.75. The summed E-state index contributed by atoms with van der Waals surface area (Å²) in [6.07, 6.45) is 4.13. The number of fused-ring (bicyclic) bond motifs is 9. The largest absolute Gasteiger partial charge is 0.496 e. The normalized spacial score (nSPS) is 14.9. The van der Waals surface area contributed by atoms with Crippen molar-refractivity contribution in [1.82, 2.24) is 30.8 Å². The first kappa shape index (κ1) is 21.8.